The molecular weight excluding hydrogens is 298 g/mol. The van der Waals surface area contributed by atoms with Crippen LogP contribution in [0.25, 0.3) is 0 Å². The molecule has 2 nitrogen and oxygen atoms in total. The molecule has 104 valence electrons. The van der Waals surface area contributed by atoms with E-state index in [1.165, 1.54) is 11.8 Å². The van der Waals surface area contributed by atoms with Crippen LogP contribution in [-0.2, 0) is 0 Å². The van der Waals surface area contributed by atoms with Crippen molar-refractivity contribution in [2.45, 2.75) is 14.7 Å². The minimum absolute atomic E-state index is 0.0886. The molecule has 0 saturated heterocycles. The zero-order valence-corrected chi connectivity index (χ0v) is 12.2. The van der Waals surface area contributed by atoms with Crippen LogP contribution in [0.3, 0.4) is 0 Å². The van der Waals surface area contributed by atoms with Gasteiger partial charge in [0.25, 0.3) is 0 Å². The number of nitrogen functional groups attached to an aromatic ring is 1. The van der Waals surface area contributed by atoms with Crippen LogP contribution >= 0.6 is 23.5 Å². The van der Waals surface area contributed by atoms with E-state index in [0.29, 0.717) is 10.5 Å². The molecule has 0 saturated carbocycles. The Bertz CT molecular complexity index is 660. The summed E-state index contributed by atoms with van der Waals surface area (Å²) in [4.78, 5) is 1.64. The summed E-state index contributed by atoms with van der Waals surface area (Å²) in [5.41, 5.74) is 6.15. The second-order valence-corrected chi connectivity index (χ2v) is 5.86. The molecule has 0 unspecified atom stereocenters. The molecule has 0 fully saturated rings. The molecule has 2 rings (SSSR count). The normalized spacial score (nSPS) is 10.6. The van der Waals surface area contributed by atoms with Crippen LogP contribution < -0.4 is 5.73 Å². The summed E-state index contributed by atoms with van der Waals surface area (Å²) in [6.45, 7) is 0. The second-order valence-electron chi connectivity index (χ2n) is 3.92. The van der Waals surface area contributed by atoms with Crippen LogP contribution in [0.1, 0.15) is 5.56 Å². The number of hydrogen-bond acceptors (Lipinski definition) is 3. The third kappa shape index (κ3) is 3.13. The monoisotopic (exact) mass is 310 g/mol. The molecule has 2 aromatic rings. The number of benzene rings is 2. The lowest BCUT2D eigenvalue weighted by Crippen LogP contribution is -2.13. The molecule has 0 atom stereocenters. The first kappa shape index (κ1) is 14.9. The van der Waals surface area contributed by atoms with E-state index in [0.717, 1.165) is 34.9 Å². The molecular formula is C14H12F2N2S2. The van der Waals surface area contributed by atoms with Gasteiger partial charge in [0.05, 0.1) is 4.90 Å². The summed E-state index contributed by atoms with van der Waals surface area (Å²) >= 11 is 2.52. The Balaban J connectivity index is 2.48. The first-order chi connectivity index (χ1) is 9.52. The van der Waals surface area contributed by atoms with Gasteiger partial charge in [-0.3, -0.25) is 5.41 Å². The Morgan fingerprint density at radius 2 is 1.80 bits per heavy atom. The van der Waals surface area contributed by atoms with Crippen LogP contribution in [0.15, 0.2) is 51.1 Å². The van der Waals surface area contributed by atoms with E-state index in [1.54, 1.807) is 12.1 Å². The van der Waals surface area contributed by atoms with E-state index >= 15 is 0 Å². The number of halogens is 2. The van der Waals surface area contributed by atoms with Gasteiger partial charge in [-0.15, -0.1) is 11.8 Å². The van der Waals surface area contributed by atoms with Crippen molar-refractivity contribution in [1.29, 1.82) is 5.41 Å². The van der Waals surface area contributed by atoms with E-state index < -0.39 is 11.6 Å². The molecule has 3 N–H and O–H groups in total. The fourth-order valence-electron chi connectivity index (χ4n) is 1.71. The lowest BCUT2D eigenvalue weighted by atomic mass is 10.2. The highest BCUT2D eigenvalue weighted by molar-refractivity contribution is 8.00. The van der Waals surface area contributed by atoms with Crippen LogP contribution in [0.4, 0.5) is 8.78 Å². The summed E-state index contributed by atoms with van der Waals surface area (Å²) in [5.74, 6) is -1.09. The number of amidine groups is 1. The van der Waals surface area contributed by atoms with Crippen LogP contribution in [0, 0.1) is 17.0 Å². The maximum Gasteiger partial charge on any atom is 0.137 e. The van der Waals surface area contributed by atoms with Gasteiger partial charge < -0.3 is 5.73 Å². The molecule has 0 aliphatic rings. The molecule has 0 bridgehead atoms. The summed E-state index contributed by atoms with van der Waals surface area (Å²) in [5, 5.41) is 7.67. The number of thioether (sulfide) groups is 1. The molecule has 2 aromatic carbocycles. The minimum Gasteiger partial charge on any atom is -0.384 e. The average molecular weight is 310 g/mol. The van der Waals surface area contributed by atoms with Crippen molar-refractivity contribution in [3.63, 3.8) is 0 Å². The van der Waals surface area contributed by atoms with Gasteiger partial charge in [0.1, 0.15) is 17.5 Å². The van der Waals surface area contributed by atoms with Crippen LogP contribution in [0.2, 0.25) is 0 Å². The van der Waals surface area contributed by atoms with Crippen molar-refractivity contribution in [2.75, 3.05) is 6.26 Å². The smallest absolute Gasteiger partial charge is 0.137 e. The lowest BCUT2D eigenvalue weighted by Gasteiger charge is -2.12. The molecule has 0 aliphatic heterocycles. The highest BCUT2D eigenvalue weighted by Gasteiger charge is 2.14. The number of nitrogens with one attached hydrogen (secondary N) is 1. The molecule has 0 radical (unpaired) electrons. The fourth-order valence-corrected chi connectivity index (χ4v) is 3.45. The topological polar surface area (TPSA) is 49.9 Å². The SMILES string of the molecule is CSc1cccc(Sc2cc(F)ccc2F)c1C(=N)N. The van der Waals surface area contributed by atoms with Crippen LogP contribution in [0.5, 0.6) is 0 Å². The Labute approximate surface area is 124 Å². The molecule has 0 aromatic heterocycles. The van der Waals surface area contributed by atoms with Gasteiger partial charge in [-0.25, -0.2) is 8.78 Å². The highest BCUT2D eigenvalue weighted by atomic mass is 32.2. The predicted octanol–water partition coefficient (Wildman–Crippen LogP) is 4.12. The first-order valence-corrected chi connectivity index (χ1v) is 7.71. The van der Waals surface area contributed by atoms with E-state index in [2.05, 4.69) is 0 Å². The predicted molar refractivity (Wildman–Crippen MR) is 79.7 cm³/mol. The zero-order valence-electron chi connectivity index (χ0n) is 10.6. The minimum atomic E-state index is -0.501. The third-order valence-corrected chi connectivity index (χ3v) is 4.46. The Kier molecular flexibility index (Phi) is 4.67. The number of nitrogens with two attached hydrogens (primary N) is 1. The summed E-state index contributed by atoms with van der Waals surface area (Å²) in [6.07, 6.45) is 1.87. The Morgan fingerprint density at radius 3 is 2.45 bits per heavy atom. The lowest BCUT2D eigenvalue weighted by molar-refractivity contribution is 0.577. The maximum absolute atomic E-state index is 13.7. The largest absolute Gasteiger partial charge is 0.384 e. The van der Waals surface area contributed by atoms with E-state index in [9.17, 15) is 8.78 Å². The summed E-state index contributed by atoms with van der Waals surface area (Å²) in [6, 6.07) is 8.68. The number of rotatable bonds is 4. The third-order valence-electron chi connectivity index (χ3n) is 2.59. The van der Waals surface area contributed by atoms with Crippen molar-refractivity contribution < 1.29 is 8.78 Å². The van der Waals surface area contributed by atoms with Crippen molar-refractivity contribution in [2.24, 2.45) is 5.73 Å². The second kappa shape index (κ2) is 6.28. The van der Waals surface area contributed by atoms with Crippen LogP contribution in [-0.4, -0.2) is 12.1 Å². The standard InChI is InChI=1S/C14H12F2N2S2/c1-19-10-3-2-4-11(13(10)14(17)18)20-12-7-8(15)5-6-9(12)16/h2-7H,1H3,(H3,17,18). The molecule has 20 heavy (non-hydrogen) atoms. The maximum atomic E-state index is 13.7. The molecule has 0 aliphatic carbocycles. The van der Waals surface area contributed by atoms with Gasteiger partial charge in [0.15, 0.2) is 0 Å². The molecule has 0 amide bonds. The fraction of sp³-hybridized carbons (Fsp3) is 0.0714. The van der Waals surface area contributed by atoms with Crippen molar-refractivity contribution in [1.82, 2.24) is 0 Å². The van der Waals surface area contributed by atoms with Gasteiger partial charge in [0.2, 0.25) is 0 Å². The Morgan fingerprint density at radius 1 is 1.10 bits per heavy atom. The summed E-state index contributed by atoms with van der Waals surface area (Å²) < 4.78 is 26.9. The van der Waals surface area contributed by atoms with E-state index in [4.69, 9.17) is 11.1 Å². The zero-order chi connectivity index (χ0) is 14.7. The average Bonchev–Trinajstić information content (AvgIpc) is 2.42. The molecule has 0 spiro atoms. The van der Waals surface area contributed by atoms with Crippen molar-refractivity contribution in [3.8, 4) is 0 Å². The van der Waals surface area contributed by atoms with Crippen molar-refractivity contribution >= 4 is 29.4 Å². The van der Waals surface area contributed by atoms with Gasteiger partial charge in [-0.2, -0.15) is 0 Å². The highest BCUT2D eigenvalue weighted by Crippen LogP contribution is 2.36. The first-order valence-electron chi connectivity index (χ1n) is 5.67. The van der Waals surface area contributed by atoms with E-state index in [1.807, 2.05) is 12.3 Å². The number of hydrogen-bond donors (Lipinski definition) is 2. The quantitative estimate of drug-likeness (QED) is 0.507. The van der Waals surface area contributed by atoms with Gasteiger partial charge >= 0.3 is 0 Å². The van der Waals surface area contributed by atoms with Crippen molar-refractivity contribution in [3.05, 3.63) is 53.6 Å². The summed E-state index contributed by atoms with van der Waals surface area (Å²) in [7, 11) is 0. The molecule has 6 heteroatoms. The van der Waals surface area contributed by atoms with Gasteiger partial charge in [0, 0.05) is 15.4 Å². The Hall–Kier alpha value is -1.53. The van der Waals surface area contributed by atoms with Gasteiger partial charge in [-0.05, 0) is 36.6 Å². The van der Waals surface area contributed by atoms with Gasteiger partial charge in [-0.1, -0.05) is 17.8 Å². The molecule has 0 heterocycles. The van der Waals surface area contributed by atoms with E-state index in [-0.39, 0.29) is 10.7 Å².